The Hall–Kier alpha value is -0.530. The molecule has 0 saturated heterocycles. The molecule has 0 aliphatic rings. The molecule has 1 rings (SSSR count). The molecular weight excluding hydrogens is 255 g/mol. The summed E-state index contributed by atoms with van der Waals surface area (Å²) in [6.07, 6.45) is 2.98. The summed E-state index contributed by atoms with van der Waals surface area (Å²) in [6, 6.07) is 5.33. The molecule has 17 heavy (non-hydrogen) atoms. The van der Waals surface area contributed by atoms with Crippen LogP contribution in [0.2, 0.25) is 10.0 Å². The van der Waals surface area contributed by atoms with Crippen molar-refractivity contribution in [2.75, 3.05) is 0 Å². The molecule has 94 valence electrons. The van der Waals surface area contributed by atoms with Crippen molar-refractivity contribution in [2.45, 2.75) is 39.5 Å². The minimum absolute atomic E-state index is 0.209. The first-order valence-electron chi connectivity index (χ1n) is 5.95. The third-order valence-electron chi connectivity index (χ3n) is 2.67. The second-order valence-electron chi connectivity index (χ2n) is 4.70. The van der Waals surface area contributed by atoms with Gasteiger partial charge in [0.1, 0.15) is 5.78 Å². The lowest BCUT2D eigenvalue weighted by atomic mass is 10.0. The first-order chi connectivity index (χ1) is 8.00. The third-order valence-corrected chi connectivity index (χ3v) is 3.38. The van der Waals surface area contributed by atoms with Crippen molar-refractivity contribution in [1.29, 1.82) is 0 Å². The van der Waals surface area contributed by atoms with E-state index in [1.807, 2.05) is 0 Å². The maximum atomic E-state index is 11.8. The maximum Gasteiger partial charge on any atom is 0.137 e. The standard InChI is InChI=1S/C14H18Cl2O/c1-10(2)5-3-6-11(17)9-12-13(15)7-4-8-14(12)16/h4,7-8,10H,3,5-6,9H2,1-2H3. The molecule has 0 spiro atoms. The van der Waals surface area contributed by atoms with E-state index in [-0.39, 0.29) is 5.78 Å². The van der Waals surface area contributed by atoms with E-state index in [0.717, 1.165) is 18.4 Å². The van der Waals surface area contributed by atoms with Crippen LogP contribution in [0.3, 0.4) is 0 Å². The summed E-state index contributed by atoms with van der Waals surface area (Å²) >= 11 is 12.0. The number of ketones is 1. The Morgan fingerprint density at radius 2 is 1.82 bits per heavy atom. The summed E-state index contributed by atoms with van der Waals surface area (Å²) < 4.78 is 0. The van der Waals surface area contributed by atoms with Crippen LogP contribution < -0.4 is 0 Å². The van der Waals surface area contributed by atoms with Gasteiger partial charge in [-0.2, -0.15) is 0 Å². The summed E-state index contributed by atoms with van der Waals surface area (Å²) in [5.74, 6) is 0.854. The van der Waals surface area contributed by atoms with Gasteiger partial charge in [-0.1, -0.05) is 49.5 Å². The van der Waals surface area contributed by atoms with Crippen LogP contribution in [0.5, 0.6) is 0 Å². The van der Waals surface area contributed by atoms with Crippen LogP contribution in [0.4, 0.5) is 0 Å². The lowest BCUT2D eigenvalue weighted by molar-refractivity contribution is -0.118. The van der Waals surface area contributed by atoms with Crippen LogP contribution >= 0.6 is 23.2 Å². The number of rotatable bonds is 6. The van der Waals surface area contributed by atoms with Crippen LogP contribution in [-0.2, 0) is 11.2 Å². The highest BCUT2D eigenvalue weighted by atomic mass is 35.5. The Balaban J connectivity index is 2.51. The molecule has 1 aromatic carbocycles. The monoisotopic (exact) mass is 272 g/mol. The first kappa shape index (κ1) is 14.5. The van der Waals surface area contributed by atoms with E-state index < -0.39 is 0 Å². The van der Waals surface area contributed by atoms with Gasteiger partial charge in [0.25, 0.3) is 0 Å². The van der Waals surface area contributed by atoms with Crippen molar-refractivity contribution < 1.29 is 4.79 Å². The number of benzene rings is 1. The molecule has 0 atom stereocenters. The van der Waals surface area contributed by atoms with Crippen LogP contribution in [0.25, 0.3) is 0 Å². The zero-order valence-electron chi connectivity index (χ0n) is 10.3. The average Bonchev–Trinajstić information content (AvgIpc) is 2.23. The molecule has 1 aromatic rings. The van der Waals surface area contributed by atoms with Crippen LogP contribution in [0.15, 0.2) is 18.2 Å². The van der Waals surface area contributed by atoms with Gasteiger partial charge in [-0.15, -0.1) is 0 Å². The molecular formula is C14H18Cl2O. The second-order valence-corrected chi connectivity index (χ2v) is 5.52. The lowest BCUT2D eigenvalue weighted by Crippen LogP contribution is -2.04. The molecule has 1 nitrogen and oxygen atoms in total. The molecule has 0 aromatic heterocycles. The van der Waals surface area contributed by atoms with Gasteiger partial charge in [0.2, 0.25) is 0 Å². The van der Waals surface area contributed by atoms with Crippen molar-refractivity contribution in [1.82, 2.24) is 0 Å². The number of carbonyl (C=O) groups is 1. The number of Topliss-reactive ketones (excluding diaryl/α,β-unsaturated/α-hetero) is 1. The number of hydrogen-bond acceptors (Lipinski definition) is 1. The molecule has 0 aliphatic carbocycles. The van der Waals surface area contributed by atoms with Gasteiger partial charge in [-0.25, -0.2) is 0 Å². The fourth-order valence-electron chi connectivity index (χ4n) is 1.69. The summed E-state index contributed by atoms with van der Waals surface area (Å²) in [5.41, 5.74) is 0.755. The molecule has 0 fully saturated rings. The van der Waals surface area contributed by atoms with Gasteiger partial charge in [-0.05, 0) is 30.0 Å². The topological polar surface area (TPSA) is 17.1 Å². The van der Waals surface area contributed by atoms with E-state index in [1.54, 1.807) is 18.2 Å². The van der Waals surface area contributed by atoms with Gasteiger partial charge in [-0.3, -0.25) is 4.79 Å². The second kappa shape index (κ2) is 7.03. The van der Waals surface area contributed by atoms with Gasteiger partial charge < -0.3 is 0 Å². The van der Waals surface area contributed by atoms with Crippen LogP contribution in [0, 0.1) is 5.92 Å². The first-order valence-corrected chi connectivity index (χ1v) is 6.71. The predicted molar refractivity (Wildman–Crippen MR) is 73.9 cm³/mol. The van der Waals surface area contributed by atoms with E-state index in [4.69, 9.17) is 23.2 Å². The zero-order chi connectivity index (χ0) is 12.8. The van der Waals surface area contributed by atoms with E-state index in [2.05, 4.69) is 13.8 Å². The quantitative estimate of drug-likeness (QED) is 0.718. The number of hydrogen-bond donors (Lipinski definition) is 0. The third kappa shape index (κ3) is 5.10. The minimum atomic E-state index is 0.209. The highest BCUT2D eigenvalue weighted by Gasteiger charge is 2.10. The smallest absolute Gasteiger partial charge is 0.137 e. The van der Waals surface area contributed by atoms with Crippen molar-refractivity contribution in [3.63, 3.8) is 0 Å². The average molecular weight is 273 g/mol. The number of carbonyl (C=O) groups excluding carboxylic acids is 1. The van der Waals surface area contributed by atoms with Crippen molar-refractivity contribution in [2.24, 2.45) is 5.92 Å². The molecule has 0 bridgehead atoms. The maximum absolute atomic E-state index is 11.8. The normalized spacial score (nSPS) is 10.9. The highest BCUT2D eigenvalue weighted by molar-refractivity contribution is 6.36. The summed E-state index contributed by atoms with van der Waals surface area (Å²) in [4.78, 5) is 11.8. The van der Waals surface area contributed by atoms with E-state index in [0.29, 0.717) is 28.8 Å². The lowest BCUT2D eigenvalue weighted by Gasteiger charge is -2.07. The molecule has 0 unspecified atom stereocenters. The predicted octanol–water partition coefficient (Wildman–Crippen LogP) is 4.93. The fraction of sp³-hybridized carbons (Fsp3) is 0.500. The Bertz CT molecular complexity index is 366. The molecule has 0 radical (unpaired) electrons. The van der Waals surface area contributed by atoms with Crippen molar-refractivity contribution in [3.05, 3.63) is 33.8 Å². The fourth-order valence-corrected chi connectivity index (χ4v) is 2.23. The molecule has 0 aliphatic heterocycles. The van der Waals surface area contributed by atoms with Crippen molar-refractivity contribution in [3.8, 4) is 0 Å². The Labute approximate surface area is 113 Å². The Kier molecular flexibility index (Phi) is 6.01. The van der Waals surface area contributed by atoms with Gasteiger partial charge >= 0.3 is 0 Å². The van der Waals surface area contributed by atoms with Crippen molar-refractivity contribution >= 4 is 29.0 Å². The minimum Gasteiger partial charge on any atom is -0.299 e. The molecule has 3 heteroatoms. The molecule has 0 N–H and O–H groups in total. The molecule has 0 amide bonds. The van der Waals surface area contributed by atoms with Crippen LogP contribution in [0.1, 0.15) is 38.7 Å². The summed E-state index contributed by atoms with van der Waals surface area (Å²) in [7, 11) is 0. The zero-order valence-corrected chi connectivity index (χ0v) is 11.8. The molecule has 0 saturated carbocycles. The van der Waals surface area contributed by atoms with Gasteiger partial charge in [0, 0.05) is 22.9 Å². The van der Waals surface area contributed by atoms with Gasteiger partial charge in [0.15, 0.2) is 0 Å². The highest BCUT2D eigenvalue weighted by Crippen LogP contribution is 2.25. The SMILES string of the molecule is CC(C)CCCC(=O)Cc1c(Cl)cccc1Cl. The van der Waals surface area contributed by atoms with E-state index in [9.17, 15) is 4.79 Å². The summed E-state index contributed by atoms with van der Waals surface area (Å²) in [6.45, 7) is 4.32. The largest absolute Gasteiger partial charge is 0.299 e. The molecule has 0 heterocycles. The van der Waals surface area contributed by atoms with E-state index >= 15 is 0 Å². The van der Waals surface area contributed by atoms with Gasteiger partial charge in [0.05, 0.1) is 0 Å². The summed E-state index contributed by atoms with van der Waals surface area (Å²) in [5, 5.41) is 1.16. The van der Waals surface area contributed by atoms with Crippen LogP contribution in [-0.4, -0.2) is 5.78 Å². The number of halogens is 2. The Morgan fingerprint density at radius 1 is 1.24 bits per heavy atom. The van der Waals surface area contributed by atoms with E-state index in [1.165, 1.54) is 0 Å². The Morgan fingerprint density at radius 3 is 2.35 bits per heavy atom.